The molecule has 0 aliphatic carbocycles. The minimum Gasteiger partial charge on any atom is -0.389 e. The quantitative estimate of drug-likeness (QED) is 0.615. The summed E-state index contributed by atoms with van der Waals surface area (Å²) in [7, 11) is 0. The molecule has 1 aliphatic heterocycles. The number of aliphatic hydroxyl groups is 1. The Morgan fingerprint density at radius 1 is 1.53 bits per heavy atom. The number of ether oxygens (including phenoxy) is 2. The van der Waals surface area contributed by atoms with Gasteiger partial charge in [0.05, 0.1) is 25.4 Å². The van der Waals surface area contributed by atoms with Gasteiger partial charge in [0.15, 0.2) is 0 Å². The summed E-state index contributed by atoms with van der Waals surface area (Å²) in [6.07, 6.45) is -0.191. The van der Waals surface area contributed by atoms with Crippen LogP contribution in [-0.4, -0.2) is 74.8 Å². The number of hydrogen-bond acceptors (Lipinski definition) is 5. The van der Waals surface area contributed by atoms with Gasteiger partial charge in [-0.15, -0.1) is 0 Å². The second kappa shape index (κ2) is 8.83. The average Bonchev–Trinajstić information content (AvgIpc) is 2.36. The van der Waals surface area contributed by atoms with E-state index in [-0.39, 0.29) is 6.10 Å². The molecule has 17 heavy (non-hydrogen) atoms. The van der Waals surface area contributed by atoms with Crippen LogP contribution < -0.4 is 5.32 Å². The van der Waals surface area contributed by atoms with Gasteiger partial charge in [-0.3, -0.25) is 4.90 Å². The van der Waals surface area contributed by atoms with E-state index in [0.29, 0.717) is 19.8 Å². The molecule has 2 unspecified atom stereocenters. The molecule has 0 spiro atoms. The van der Waals surface area contributed by atoms with Gasteiger partial charge < -0.3 is 19.9 Å². The van der Waals surface area contributed by atoms with Crippen LogP contribution in [0.2, 0.25) is 0 Å². The van der Waals surface area contributed by atoms with Crippen LogP contribution in [0.3, 0.4) is 0 Å². The molecule has 1 heterocycles. The average molecular weight is 246 g/mol. The van der Waals surface area contributed by atoms with Gasteiger partial charge in [-0.05, 0) is 13.5 Å². The van der Waals surface area contributed by atoms with Crippen LogP contribution in [0.5, 0.6) is 0 Å². The molecule has 1 aliphatic rings. The van der Waals surface area contributed by atoms with Crippen LogP contribution in [0.15, 0.2) is 0 Å². The van der Waals surface area contributed by atoms with E-state index in [2.05, 4.69) is 17.1 Å². The van der Waals surface area contributed by atoms with Gasteiger partial charge in [0.25, 0.3) is 0 Å². The molecule has 0 aromatic heterocycles. The lowest BCUT2D eigenvalue weighted by molar-refractivity contribution is -0.0274. The largest absolute Gasteiger partial charge is 0.389 e. The summed E-state index contributed by atoms with van der Waals surface area (Å²) < 4.78 is 10.8. The van der Waals surface area contributed by atoms with Crippen molar-refractivity contribution in [1.82, 2.24) is 10.2 Å². The Kier molecular flexibility index (Phi) is 7.72. The Balaban J connectivity index is 2.05. The van der Waals surface area contributed by atoms with Gasteiger partial charge in [-0.2, -0.15) is 0 Å². The van der Waals surface area contributed by atoms with Crippen molar-refractivity contribution in [3.05, 3.63) is 0 Å². The molecule has 1 fully saturated rings. The van der Waals surface area contributed by atoms with Crippen molar-refractivity contribution in [2.45, 2.75) is 26.1 Å². The number of nitrogens with one attached hydrogen (secondary N) is 1. The summed E-state index contributed by atoms with van der Waals surface area (Å²) in [5, 5.41) is 12.8. The first kappa shape index (κ1) is 14.9. The molecule has 0 radical (unpaired) electrons. The van der Waals surface area contributed by atoms with Crippen molar-refractivity contribution in [2.24, 2.45) is 0 Å². The second-order valence-electron chi connectivity index (χ2n) is 4.36. The molecular formula is C12H26N2O3. The third-order valence-electron chi connectivity index (χ3n) is 2.94. The van der Waals surface area contributed by atoms with Gasteiger partial charge >= 0.3 is 0 Å². The summed E-state index contributed by atoms with van der Waals surface area (Å²) in [5.41, 5.74) is 0. The van der Waals surface area contributed by atoms with Crippen molar-refractivity contribution >= 4 is 0 Å². The van der Waals surface area contributed by atoms with Crippen molar-refractivity contribution in [3.8, 4) is 0 Å². The number of likely N-dealkylation sites (N-methyl/N-ethyl adjacent to an activating group) is 1. The molecular weight excluding hydrogens is 220 g/mol. The Hall–Kier alpha value is -0.200. The summed E-state index contributed by atoms with van der Waals surface area (Å²) in [4.78, 5) is 2.38. The van der Waals surface area contributed by atoms with Gasteiger partial charge in [-0.1, -0.05) is 6.92 Å². The summed E-state index contributed by atoms with van der Waals surface area (Å²) >= 11 is 0. The minimum absolute atomic E-state index is 0.239. The molecule has 0 aromatic rings. The molecule has 0 bridgehead atoms. The zero-order valence-corrected chi connectivity index (χ0v) is 11.0. The Morgan fingerprint density at radius 2 is 2.35 bits per heavy atom. The van der Waals surface area contributed by atoms with Gasteiger partial charge in [-0.25, -0.2) is 0 Å². The van der Waals surface area contributed by atoms with Crippen molar-refractivity contribution in [2.75, 3.05) is 52.5 Å². The lowest BCUT2D eigenvalue weighted by Gasteiger charge is -2.32. The second-order valence-corrected chi connectivity index (χ2v) is 4.36. The normalized spacial score (nSPS) is 23.8. The van der Waals surface area contributed by atoms with Crippen LogP contribution in [0, 0.1) is 0 Å². The van der Waals surface area contributed by atoms with Crippen molar-refractivity contribution in [1.29, 1.82) is 0 Å². The first-order chi connectivity index (χ1) is 8.26. The molecule has 1 rings (SSSR count). The SMILES string of the molecule is CCOCC(O)CNCC1CN(CC)CCO1. The highest BCUT2D eigenvalue weighted by Crippen LogP contribution is 2.03. The van der Waals surface area contributed by atoms with E-state index in [9.17, 15) is 5.11 Å². The standard InChI is InChI=1S/C12H26N2O3/c1-3-14-5-6-17-12(9-14)8-13-7-11(15)10-16-4-2/h11-13,15H,3-10H2,1-2H3. The smallest absolute Gasteiger partial charge is 0.0897 e. The Bertz CT molecular complexity index is 193. The molecule has 5 nitrogen and oxygen atoms in total. The number of morpholine rings is 1. The van der Waals surface area contributed by atoms with Gasteiger partial charge in [0, 0.05) is 32.8 Å². The Labute approximate surface area is 104 Å². The van der Waals surface area contributed by atoms with E-state index >= 15 is 0 Å². The van der Waals surface area contributed by atoms with Crippen LogP contribution in [0.4, 0.5) is 0 Å². The summed E-state index contributed by atoms with van der Waals surface area (Å²) in [5.74, 6) is 0. The maximum Gasteiger partial charge on any atom is 0.0897 e. The predicted octanol–water partition coefficient (Wildman–Crippen LogP) is -0.306. The van der Waals surface area contributed by atoms with Crippen LogP contribution in [0.25, 0.3) is 0 Å². The monoisotopic (exact) mass is 246 g/mol. The fourth-order valence-electron chi connectivity index (χ4n) is 1.91. The topological polar surface area (TPSA) is 54.0 Å². The third kappa shape index (κ3) is 6.33. The molecule has 2 atom stereocenters. The molecule has 5 heteroatoms. The number of nitrogens with zero attached hydrogens (tertiary/aromatic N) is 1. The summed E-state index contributed by atoms with van der Waals surface area (Å²) in [6, 6.07) is 0. The molecule has 2 N–H and O–H groups in total. The lowest BCUT2D eigenvalue weighted by Crippen LogP contribution is -2.47. The zero-order valence-electron chi connectivity index (χ0n) is 11.0. The van der Waals surface area contributed by atoms with E-state index < -0.39 is 6.10 Å². The van der Waals surface area contributed by atoms with E-state index in [1.165, 1.54) is 0 Å². The van der Waals surface area contributed by atoms with Gasteiger partial charge in [0.2, 0.25) is 0 Å². The molecule has 0 saturated carbocycles. The predicted molar refractivity (Wildman–Crippen MR) is 67.2 cm³/mol. The molecule has 0 aromatic carbocycles. The maximum atomic E-state index is 9.57. The first-order valence-electron chi connectivity index (χ1n) is 6.56. The minimum atomic E-state index is -0.430. The zero-order chi connectivity index (χ0) is 12.5. The van der Waals surface area contributed by atoms with Crippen LogP contribution in [-0.2, 0) is 9.47 Å². The molecule has 1 saturated heterocycles. The fraction of sp³-hybridized carbons (Fsp3) is 1.00. The molecule has 0 amide bonds. The van der Waals surface area contributed by atoms with Gasteiger partial charge in [0.1, 0.15) is 0 Å². The number of rotatable bonds is 8. The van der Waals surface area contributed by atoms with E-state index in [1.807, 2.05) is 6.92 Å². The highest BCUT2D eigenvalue weighted by molar-refractivity contribution is 4.73. The van der Waals surface area contributed by atoms with Crippen molar-refractivity contribution < 1.29 is 14.6 Å². The van der Waals surface area contributed by atoms with Crippen LogP contribution >= 0.6 is 0 Å². The highest BCUT2D eigenvalue weighted by atomic mass is 16.5. The van der Waals surface area contributed by atoms with E-state index in [4.69, 9.17) is 9.47 Å². The number of aliphatic hydroxyl groups excluding tert-OH is 1. The maximum absolute atomic E-state index is 9.57. The Morgan fingerprint density at radius 3 is 3.06 bits per heavy atom. The lowest BCUT2D eigenvalue weighted by atomic mass is 10.2. The van der Waals surface area contributed by atoms with E-state index in [1.54, 1.807) is 0 Å². The third-order valence-corrected chi connectivity index (χ3v) is 2.94. The van der Waals surface area contributed by atoms with Crippen LogP contribution in [0.1, 0.15) is 13.8 Å². The number of hydrogen-bond donors (Lipinski definition) is 2. The summed E-state index contributed by atoms with van der Waals surface area (Å²) in [6.45, 7) is 10.4. The first-order valence-corrected chi connectivity index (χ1v) is 6.56. The molecule has 102 valence electrons. The highest BCUT2D eigenvalue weighted by Gasteiger charge is 2.18. The van der Waals surface area contributed by atoms with E-state index in [0.717, 1.165) is 32.8 Å². The van der Waals surface area contributed by atoms with Crippen molar-refractivity contribution in [3.63, 3.8) is 0 Å². The fourth-order valence-corrected chi connectivity index (χ4v) is 1.91.